The maximum absolute atomic E-state index is 13.2. The van der Waals surface area contributed by atoms with E-state index in [1.165, 1.54) is 6.92 Å². The van der Waals surface area contributed by atoms with E-state index >= 15 is 0 Å². The molecule has 0 N–H and O–H groups in total. The SMILES string of the molecule is CC(=O)O[C@@H]1[C@@H]2[C@H](CC1(C)C)[C@@H]1C=C[C@@]2(C)[C@@H](OC(=O)c2ccccc2)C1=O. The highest BCUT2D eigenvalue weighted by molar-refractivity contribution is 5.96. The summed E-state index contributed by atoms with van der Waals surface area (Å²) in [6.07, 6.45) is 3.57. The molecule has 2 fully saturated rings. The molecule has 2 saturated carbocycles. The molecule has 0 unspecified atom stereocenters. The van der Waals surface area contributed by atoms with Crippen LogP contribution in [0.1, 0.15) is 44.5 Å². The van der Waals surface area contributed by atoms with Crippen molar-refractivity contribution in [3.63, 3.8) is 0 Å². The van der Waals surface area contributed by atoms with E-state index in [-0.39, 0.29) is 41.0 Å². The van der Waals surface area contributed by atoms with Crippen LogP contribution in [-0.4, -0.2) is 29.9 Å². The Hall–Kier alpha value is -2.43. The summed E-state index contributed by atoms with van der Waals surface area (Å²) in [5.74, 6) is -1.15. The lowest BCUT2D eigenvalue weighted by Crippen LogP contribution is -2.60. The number of ketones is 1. The van der Waals surface area contributed by atoms with Crippen molar-refractivity contribution >= 4 is 17.7 Å². The van der Waals surface area contributed by atoms with Gasteiger partial charge in [0.1, 0.15) is 6.10 Å². The van der Waals surface area contributed by atoms with E-state index in [9.17, 15) is 14.4 Å². The summed E-state index contributed by atoms with van der Waals surface area (Å²) >= 11 is 0. The van der Waals surface area contributed by atoms with Gasteiger partial charge in [-0.15, -0.1) is 0 Å². The Morgan fingerprint density at radius 3 is 2.39 bits per heavy atom. The molecule has 0 amide bonds. The molecular weight excluding hydrogens is 356 g/mol. The molecule has 0 aliphatic heterocycles. The zero-order chi connectivity index (χ0) is 20.3. The van der Waals surface area contributed by atoms with Crippen LogP contribution in [0.15, 0.2) is 42.5 Å². The van der Waals surface area contributed by atoms with Gasteiger partial charge in [-0.1, -0.05) is 51.1 Å². The minimum absolute atomic E-state index is 0.0465. The molecule has 1 aromatic rings. The van der Waals surface area contributed by atoms with E-state index in [0.717, 1.165) is 6.42 Å². The van der Waals surface area contributed by atoms with Crippen LogP contribution < -0.4 is 0 Å². The molecule has 5 nitrogen and oxygen atoms in total. The Morgan fingerprint density at radius 2 is 1.75 bits per heavy atom. The third-order valence-corrected chi connectivity index (χ3v) is 6.84. The van der Waals surface area contributed by atoms with Gasteiger partial charge in [0.25, 0.3) is 0 Å². The van der Waals surface area contributed by atoms with Gasteiger partial charge in [0.15, 0.2) is 11.9 Å². The molecule has 5 heteroatoms. The van der Waals surface area contributed by atoms with Crippen molar-refractivity contribution in [3.05, 3.63) is 48.0 Å². The highest BCUT2D eigenvalue weighted by Gasteiger charge is 2.68. The van der Waals surface area contributed by atoms with Gasteiger partial charge >= 0.3 is 11.9 Å². The Labute approximate surface area is 165 Å². The van der Waals surface area contributed by atoms with Gasteiger partial charge in [-0.05, 0) is 24.5 Å². The quantitative estimate of drug-likeness (QED) is 0.590. The number of Topliss-reactive ketones (excluding diaryl/α,β-unsaturated/α-hetero) is 1. The summed E-state index contributed by atoms with van der Waals surface area (Å²) < 4.78 is 11.5. The fourth-order valence-corrected chi connectivity index (χ4v) is 5.66. The molecule has 1 aromatic carbocycles. The van der Waals surface area contributed by atoms with E-state index in [0.29, 0.717) is 5.56 Å². The van der Waals surface area contributed by atoms with Gasteiger partial charge in [-0.25, -0.2) is 4.79 Å². The molecule has 0 aromatic heterocycles. The van der Waals surface area contributed by atoms with Gasteiger partial charge in [0.05, 0.1) is 5.56 Å². The normalized spacial score (nSPS) is 37.4. The van der Waals surface area contributed by atoms with E-state index in [4.69, 9.17) is 9.47 Å². The predicted molar refractivity (Wildman–Crippen MR) is 102 cm³/mol. The Bertz CT molecular complexity index is 855. The van der Waals surface area contributed by atoms with Crippen molar-refractivity contribution in [2.75, 3.05) is 0 Å². The minimum atomic E-state index is -0.872. The number of rotatable bonds is 3. The zero-order valence-corrected chi connectivity index (χ0v) is 16.7. The highest BCUT2D eigenvalue weighted by atomic mass is 16.6. The largest absolute Gasteiger partial charge is 0.462 e. The second-order valence-electron chi connectivity index (χ2n) is 9.22. The summed E-state index contributed by atoms with van der Waals surface area (Å²) in [5, 5.41) is 0. The maximum atomic E-state index is 13.2. The third-order valence-electron chi connectivity index (χ3n) is 6.84. The second-order valence-corrected chi connectivity index (χ2v) is 9.22. The molecule has 5 rings (SSSR count). The summed E-state index contributed by atoms with van der Waals surface area (Å²) in [7, 11) is 0. The lowest BCUT2D eigenvalue weighted by Gasteiger charge is -2.52. The van der Waals surface area contributed by atoms with Crippen molar-refractivity contribution < 1.29 is 23.9 Å². The van der Waals surface area contributed by atoms with Crippen molar-refractivity contribution in [2.24, 2.45) is 28.6 Å². The Morgan fingerprint density at radius 1 is 1.07 bits per heavy atom. The number of carbonyl (C=O) groups excluding carboxylic acids is 3. The second kappa shape index (κ2) is 6.29. The lowest BCUT2D eigenvalue weighted by atomic mass is 9.53. The average Bonchev–Trinajstić information content (AvgIpc) is 2.90. The van der Waals surface area contributed by atoms with E-state index in [1.54, 1.807) is 24.3 Å². The fourth-order valence-electron chi connectivity index (χ4n) is 5.66. The molecule has 0 heterocycles. The molecule has 4 aliphatic carbocycles. The molecule has 0 radical (unpaired) electrons. The monoisotopic (exact) mass is 382 g/mol. The van der Waals surface area contributed by atoms with E-state index in [1.807, 2.05) is 25.1 Å². The summed E-state index contributed by atoms with van der Waals surface area (Å²) in [6, 6.07) is 8.70. The number of hydrogen-bond acceptors (Lipinski definition) is 5. The smallest absolute Gasteiger partial charge is 0.338 e. The average molecular weight is 382 g/mol. The summed E-state index contributed by atoms with van der Waals surface area (Å²) in [6.45, 7) is 7.53. The molecular formula is C23H26O5. The van der Waals surface area contributed by atoms with Crippen molar-refractivity contribution in [1.29, 1.82) is 0 Å². The van der Waals surface area contributed by atoms with Crippen LogP contribution in [0.2, 0.25) is 0 Å². The van der Waals surface area contributed by atoms with Crippen LogP contribution in [0, 0.1) is 28.6 Å². The molecule has 28 heavy (non-hydrogen) atoms. The van der Waals surface area contributed by atoms with Gasteiger partial charge in [0.2, 0.25) is 0 Å². The first-order valence-electron chi connectivity index (χ1n) is 9.81. The van der Waals surface area contributed by atoms with Crippen molar-refractivity contribution in [3.8, 4) is 0 Å². The first-order chi connectivity index (χ1) is 13.1. The number of carbonyl (C=O) groups is 3. The zero-order valence-electron chi connectivity index (χ0n) is 16.7. The summed E-state index contributed by atoms with van der Waals surface area (Å²) in [5.41, 5.74) is -0.524. The lowest BCUT2D eigenvalue weighted by molar-refractivity contribution is -0.168. The summed E-state index contributed by atoms with van der Waals surface area (Å²) in [4.78, 5) is 37.7. The number of allylic oxidation sites excluding steroid dienone is 1. The van der Waals surface area contributed by atoms with Crippen LogP contribution in [0.3, 0.4) is 0 Å². The number of hydrogen-bond donors (Lipinski definition) is 0. The number of benzene rings is 1. The predicted octanol–water partition coefficient (Wildman–Crippen LogP) is 3.58. The van der Waals surface area contributed by atoms with Crippen molar-refractivity contribution in [2.45, 2.75) is 46.3 Å². The molecule has 0 saturated heterocycles. The minimum Gasteiger partial charge on any atom is -0.462 e. The van der Waals surface area contributed by atoms with Crippen LogP contribution in [0.5, 0.6) is 0 Å². The van der Waals surface area contributed by atoms with E-state index < -0.39 is 17.5 Å². The van der Waals surface area contributed by atoms with Gasteiger partial charge < -0.3 is 9.47 Å². The van der Waals surface area contributed by atoms with Crippen LogP contribution in [-0.2, 0) is 19.1 Å². The topological polar surface area (TPSA) is 69.7 Å². The van der Waals surface area contributed by atoms with E-state index in [2.05, 4.69) is 13.8 Å². The molecule has 2 bridgehead atoms. The number of fused-ring (bicyclic) bond motifs is 1. The van der Waals surface area contributed by atoms with Crippen LogP contribution in [0.25, 0.3) is 0 Å². The first kappa shape index (κ1) is 18.9. The van der Waals surface area contributed by atoms with Crippen LogP contribution in [0.4, 0.5) is 0 Å². The maximum Gasteiger partial charge on any atom is 0.338 e. The van der Waals surface area contributed by atoms with Gasteiger partial charge in [-0.3, -0.25) is 9.59 Å². The molecule has 148 valence electrons. The molecule has 4 aliphatic rings. The Kier molecular flexibility index (Phi) is 4.25. The van der Waals surface area contributed by atoms with Crippen LogP contribution >= 0.6 is 0 Å². The van der Waals surface area contributed by atoms with Gasteiger partial charge in [-0.2, -0.15) is 0 Å². The van der Waals surface area contributed by atoms with Crippen molar-refractivity contribution in [1.82, 2.24) is 0 Å². The first-order valence-corrected chi connectivity index (χ1v) is 9.81. The third kappa shape index (κ3) is 2.71. The molecule has 6 atom stereocenters. The number of esters is 2. The van der Waals surface area contributed by atoms with Gasteiger partial charge in [0, 0.05) is 29.6 Å². The Balaban J connectivity index is 1.70. The highest BCUT2D eigenvalue weighted by Crippen LogP contribution is 2.63. The number of ether oxygens (including phenoxy) is 2. The molecule has 0 spiro atoms. The standard InChI is InChI=1S/C23H26O5/c1-13(24)27-19-17-16(12-22(19,2)3)15-10-11-23(17,4)20(18(15)25)28-21(26)14-8-6-5-7-9-14/h5-11,15-17,19-20H,12H2,1-4H3/t15-,16+,17-,19+,20-,23+/m0/s1. The fraction of sp³-hybridized carbons (Fsp3) is 0.522.